The summed E-state index contributed by atoms with van der Waals surface area (Å²) in [4.78, 5) is 31.4. The van der Waals surface area contributed by atoms with Crippen LogP contribution in [0.2, 0.25) is 10.0 Å². The highest BCUT2D eigenvalue weighted by atomic mass is 79.9. The van der Waals surface area contributed by atoms with Crippen LogP contribution in [-0.4, -0.2) is 102 Å². The fourth-order valence-electron chi connectivity index (χ4n) is 4.16. The number of nitrogens with one attached hydrogen (secondary N) is 2. The number of thioether (sulfide) groups is 2. The van der Waals surface area contributed by atoms with Crippen LogP contribution in [0.4, 0.5) is 0 Å². The summed E-state index contributed by atoms with van der Waals surface area (Å²) in [5.41, 5.74) is 1.79. The Morgan fingerprint density at radius 3 is 1.75 bits per heavy atom. The number of carbonyl (C=O) groups excluding carboxylic acids is 2. The normalized spacial score (nSPS) is 10.8. The second-order valence-electron chi connectivity index (χ2n) is 13.6. The number of nitrogens with zero attached hydrogens (tertiary/aromatic N) is 9. The SMILES string of the molecule is CC#N.CC(C)(C)OC(=O)CSc1n[nH]c(-c2cnn(-c3cccc(Cl)c3)c2)n1.CC(C)(C)OC(=O)CSc1n[nH]c(Br)n1.OB(O)c1cnn(-c2cccc(Cl)c2)c1. The molecule has 0 fully saturated rings. The predicted molar refractivity (Wildman–Crippen MR) is 231 cm³/mol. The maximum atomic E-state index is 11.8. The molecule has 0 aliphatic heterocycles. The van der Waals surface area contributed by atoms with Crippen molar-refractivity contribution >= 4 is 87.2 Å². The Kier molecular flexibility index (Phi) is 19.1. The van der Waals surface area contributed by atoms with Gasteiger partial charge in [0.25, 0.3) is 0 Å². The van der Waals surface area contributed by atoms with Crippen molar-refractivity contribution in [1.82, 2.24) is 49.9 Å². The van der Waals surface area contributed by atoms with Gasteiger partial charge in [0, 0.05) is 41.0 Å². The number of halogens is 3. The van der Waals surface area contributed by atoms with Crippen LogP contribution < -0.4 is 5.46 Å². The van der Waals surface area contributed by atoms with Gasteiger partial charge in [-0.15, -0.1) is 10.2 Å². The van der Waals surface area contributed by atoms with Crippen LogP contribution in [0.5, 0.6) is 0 Å². The van der Waals surface area contributed by atoms with Crippen molar-refractivity contribution in [2.24, 2.45) is 0 Å². The van der Waals surface area contributed by atoms with Crippen molar-refractivity contribution in [3.05, 3.63) is 88.1 Å². The number of hydrogen-bond donors (Lipinski definition) is 4. The third-order valence-electron chi connectivity index (χ3n) is 6.28. The zero-order valence-electron chi connectivity index (χ0n) is 32.9. The Balaban J connectivity index is 0.000000242. The van der Waals surface area contributed by atoms with E-state index < -0.39 is 18.3 Å². The Labute approximate surface area is 367 Å². The van der Waals surface area contributed by atoms with Crippen molar-refractivity contribution in [2.75, 3.05) is 11.5 Å². The molecule has 4 aromatic heterocycles. The lowest BCUT2D eigenvalue weighted by Crippen LogP contribution is -2.28. The molecule has 0 aliphatic rings. The van der Waals surface area contributed by atoms with Crippen molar-refractivity contribution in [3.8, 4) is 28.8 Å². The largest absolute Gasteiger partial charge is 0.491 e. The van der Waals surface area contributed by atoms with Crippen LogP contribution in [0.15, 0.2) is 88.4 Å². The summed E-state index contributed by atoms with van der Waals surface area (Å²) >= 11 is 17.4. The topological polar surface area (TPSA) is 236 Å². The molecule has 23 heteroatoms. The van der Waals surface area contributed by atoms with Crippen LogP contribution in [0.3, 0.4) is 0 Å². The van der Waals surface area contributed by atoms with Gasteiger partial charge in [0.05, 0.1) is 40.7 Å². The molecule has 0 spiro atoms. The van der Waals surface area contributed by atoms with E-state index in [1.807, 2.05) is 72.0 Å². The van der Waals surface area contributed by atoms with Crippen LogP contribution in [0, 0.1) is 11.3 Å². The number of H-pyrrole nitrogens is 2. The molecule has 4 N–H and O–H groups in total. The summed E-state index contributed by atoms with van der Waals surface area (Å²) in [5.74, 6) is 0.360. The van der Waals surface area contributed by atoms with Gasteiger partial charge in [-0.2, -0.15) is 20.4 Å². The van der Waals surface area contributed by atoms with Gasteiger partial charge in [0.15, 0.2) is 10.6 Å². The molecule has 0 amide bonds. The second kappa shape index (κ2) is 23.2. The van der Waals surface area contributed by atoms with E-state index in [0.29, 0.717) is 36.4 Å². The number of carbonyl (C=O) groups is 2. The van der Waals surface area contributed by atoms with Crippen molar-refractivity contribution in [3.63, 3.8) is 0 Å². The average Bonchev–Trinajstić information content (AvgIpc) is 3.97. The van der Waals surface area contributed by atoms with Crippen molar-refractivity contribution < 1.29 is 29.1 Å². The van der Waals surface area contributed by atoms with Crippen LogP contribution in [0.25, 0.3) is 22.8 Å². The maximum absolute atomic E-state index is 11.8. The first-order valence-electron chi connectivity index (χ1n) is 17.2. The molecule has 17 nitrogen and oxygen atoms in total. The minimum atomic E-state index is -1.50. The molecule has 2 aromatic carbocycles. The lowest BCUT2D eigenvalue weighted by molar-refractivity contribution is -0.152. The summed E-state index contributed by atoms with van der Waals surface area (Å²) in [7, 11) is -1.50. The zero-order chi connectivity index (χ0) is 43.8. The summed E-state index contributed by atoms with van der Waals surface area (Å²) in [5, 5.41) is 49.1. The highest BCUT2D eigenvalue weighted by Gasteiger charge is 2.19. The number of ether oxygens (including phenoxy) is 2. The first-order chi connectivity index (χ1) is 27.7. The number of benzene rings is 2. The molecule has 0 unspecified atom stereocenters. The molecule has 59 heavy (non-hydrogen) atoms. The Bertz CT molecular complexity index is 2300. The summed E-state index contributed by atoms with van der Waals surface area (Å²) in [6, 6.07) is 16.3. The number of aromatic amines is 2. The van der Waals surface area contributed by atoms with E-state index in [0.717, 1.165) is 16.9 Å². The molecule has 0 atom stereocenters. The fourth-order valence-corrected chi connectivity index (χ4v) is 6.04. The number of hydrogen-bond acceptors (Lipinski definition) is 15. The van der Waals surface area contributed by atoms with E-state index in [9.17, 15) is 9.59 Å². The van der Waals surface area contributed by atoms with E-state index in [1.165, 1.54) is 47.5 Å². The minimum Gasteiger partial charge on any atom is -0.459 e. The molecule has 0 saturated carbocycles. The third-order valence-corrected chi connectivity index (χ3v) is 8.75. The molecule has 0 radical (unpaired) electrons. The molecule has 312 valence electrons. The van der Waals surface area contributed by atoms with Gasteiger partial charge in [0.2, 0.25) is 10.3 Å². The Morgan fingerprint density at radius 1 is 0.831 bits per heavy atom. The van der Waals surface area contributed by atoms with E-state index in [2.05, 4.69) is 56.5 Å². The van der Waals surface area contributed by atoms with Gasteiger partial charge in [-0.25, -0.2) is 14.3 Å². The predicted octanol–water partition coefficient (Wildman–Crippen LogP) is 6.48. The molecule has 0 aliphatic carbocycles. The molecule has 4 heterocycles. The van der Waals surface area contributed by atoms with Crippen LogP contribution in [0.1, 0.15) is 48.5 Å². The molecule has 0 bridgehead atoms. The molecular weight excluding hydrogens is 908 g/mol. The second-order valence-corrected chi connectivity index (χ2v) is 17.1. The number of aromatic nitrogens is 10. The van der Waals surface area contributed by atoms with Gasteiger partial charge in [-0.1, -0.05) is 58.9 Å². The molecule has 0 saturated heterocycles. The fraction of sp³-hybridized carbons (Fsp3) is 0.306. The summed E-state index contributed by atoms with van der Waals surface area (Å²) < 4.78 is 14.2. The Hall–Kier alpha value is -4.69. The minimum absolute atomic E-state index is 0.149. The number of esters is 2. The lowest BCUT2D eigenvalue weighted by atomic mass is 9.83. The first-order valence-corrected chi connectivity index (χ1v) is 20.7. The molecular formula is C36H41BBrCl2N11O6S2. The van der Waals surface area contributed by atoms with Crippen molar-refractivity contribution in [1.29, 1.82) is 5.26 Å². The maximum Gasteiger partial charge on any atom is 0.491 e. The monoisotopic (exact) mass is 947 g/mol. The Morgan fingerprint density at radius 2 is 1.31 bits per heavy atom. The summed E-state index contributed by atoms with van der Waals surface area (Å²) in [6.45, 7) is 12.4. The lowest BCUT2D eigenvalue weighted by Gasteiger charge is -2.18. The van der Waals surface area contributed by atoms with Crippen LogP contribution >= 0.6 is 62.7 Å². The van der Waals surface area contributed by atoms with Gasteiger partial charge in [0.1, 0.15) is 11.2 Å². The zero-order valence-corrected chi connectivity index (χ0v) is 37.7. The smallest absolute Gasteiger partial charge is 0.459 e. The first kappa shape index (κ1) is 48.7. The van der Waals surface area contributed by atoms with Gasteiger partial charge < -0.3 is 19.5 Å². The van der Waals surface area contributed by atoms with Gasteiger partial charge in [-0.05, 0) is 93.9 Å². The van der Waals surface area contributed by atoms with E-state index in [1.54, 1.807) is 41.2 Å². The molecule has 6 rings (SSSR count). The van der Waals surface area contributed by atoms with Crippen molar-refractivity contribution in [2.45, 2.75) is 70.0 Å². The number of nitriles is 1. The summed E-state index contributed by atoms with van der Waals surface area (Å²) in [6.07, 6.45) is 6.44. The van der Waals surface area contributed by atoms with E-state index in [4.69, 9.17) is 48.0 Å². The average molecular weight is 950 g/mol. The van der Waals surface area contributed by atoms with E-state index in [-0.39, 0.29) is 23.4 Å². The highest BCUT2D eigenvalue weighted by molar-refractivity contribution is 9.10. The van der Waals surface area contributed by atoms with Gasteiger partial charge in [-0.3, -0.25) is 19.8 Å². The standard InChI is InChI=1S/C17H18ClN5O2S.C9H8BClN2O2.C8H12BrN3O2S.C2H3N/c1-17(2,3)25-14(24)10-26-16-20-15(21-22-16)11-8-19-23(9-11)13-6-4-5-12(18)7-13;11-8-2-1-3-9(4-8)13-6-7(5-12-13)10(14)15;1-8(2,3)14-5(13)4-15-7-10-6(9)11-12-7;1-2-3/h4-9H,10H2,1-3H3,(H,20,21,22);1-6,14-15H;4H2,1-3H3,(H,10,11,12);1H3. The highest BCUT2D eigenvalue weighted by Crippen LogP contribution is 2.22. The van der Waals surface area contributed by atoms with E-state index >= 15 is 0 Å². The number of rotatable bonds is 10. The molecule has 6 aromatic rings. The van der Waals surface area contributed by atoms with Crippen LogP contribution in [-0.2, 0) is 19.1 Å². The van der Waals surface area contributed by atoms with Gasteiger partial charge >= 0.3 is 19.1 Å². The quantitative estimate of drug-likeness (QED) is 0.0653. The third kappa shape index (κ3) is 18.4.